The number of sulfonamides is 1. The molecule has 41 heavy (non-hydrogen) atoms. The molecule has 0 radical (unpaired) electrons. The van der Waals surface area contributed by atoms with Crippen molar-refractivity contribution in [3.05, 3.63) is 60.3 Å². The number of aromatic nitrogens is 2. The molecule has 4 N–H and O–H groups in total. The highest BCUT2D eigenvalue weighted by Gasteiger charge is 2.30. The van der Waals surface area contributed by atoms with E-state index in [1.807, 2.05) is 10.7 Å². The Morgan fingerprint density at radius 2 is 1.90 bits per heavy atom. The van der Waals surface area contributed by atoms with E-state index in [1.54, 1.807) is 57.3 Å². The number of ether oxygens (including phenoxy) is 1. The lowest BCUT2D eigenvalue weighted by atomic mass is 10.1. The van der Waals surface area contributed by atoms with Crippen molar-refractivity contribution in [1.82, 2.24) is 30.5 Å². The predicted octanol–water partition coefficient (Wildman–Crippen LogP) is 1.82. The summed E-state index contributed by atoms with van der Waals surface area (Å²) in [4.78, 5) is 30.1. The molecule has 0 fully saturated rings. The average molecular weight is 606 g/mol. The monoisotopic (exact) mass is 605 g/mol. The number of fused-ring (bicyclic) bond motifs is 1. The number of hydrogen-bond donors (Lipinski definition) is 4. The van der Waals surface area contributed by atoms with Crippen molar-refractivity contribution in [3.8, 4) is 0 Å². The summed E-state index contributed by atoms with van der Waals surface area (Å²) in [7, 11) is -4.04. The van der Waals surface area contributed by atoms with Gasteiger partial charge in [0.1, 0.15) is 11.6 Å². The van der Waals surface area contributed by atoms with E-state index in [0.29, 0.717) is 12.1 Å². The van der Waals surface area contributed by atoms with Gasteiger partial charge >= 0.3 is 5.97 Å². The first-order valence-corrected chi connectivity index (χ1v) is 14.6. The summed E-state index contributed by atoms with van der Waals surface area (Å²) < 4.78 is 35.4. The number of amides is 1. The second kappa shape index (κ2) is 13.8. The van der Waals surface area contributed by atoms with Crippen LogP contribution in [0.2, 0.25) is 0 Å². The van der Waals surface area contributed by atoms with Gasteiger partial charge in [-0.1, -0.05) is 18.2 Å². The molecule has 3 aromatic rings. The molecule has 1 atom stereocenters. The summed E-state index contributed by atoms with van der Waals surface area (Å²) in [6.07, 6.45) is 2.53. The number of benzene rings is 2. The largest absolute Gasteiger partial charge is 0.459 e. The zero-order valence-corrected chi connectivity index (χ0v) is 24.8. The van der Waals surface area contributed by atoms with Crippen LogP contribution in [0.4, 0.5) is 0 Å². The zero-order valence-electron chi connectivity index (χ0n) is 23.2. The number of aryl methyl sites for hydroxylation is 1. The molecule has 0 aliphatic carbocycles. The van der Waals surface area contributed by atoms with Crippen LogP contribution in [0, 0.1) is 0 Å². The minimum absolute atomic E-state index is 0. The third-order valence-corrected chi connectivity index (χ3v) is 7.41. The van der Waals surface area contributed by atoms with Crippen molar-refractivity contribution in [1.29, 1.82) is 0 Å². The molecular formula is C27H36ClN7O5S. The van der Waals surface area contributed by atoms with Gasteiger partial charge in [0, 0.05) is 37.1 Å². The molecule has 2 heterocycles. The summed E-state index contributed by atoms with van der Waals surface area (Å²) in [5.41, 5.74) is 0.392. The van der Waals surface area contributed by atoms with Crippen LogP contribution in [-0.4, -0.2) is 73.9 Å². The molecule has 0 unspecified atom stereocenters. The summed E-state index contributed by atoms with van der Waals surface area (Å²) in [6.45, 7) is 7.82. The Kier molecular flexibility index (Phi) is 10.7. The second-order valence-corrected chi connectivity index (χ2v) is 12.0. The molecule has 4 rings (SSSR count). The maximum absolute atomic E-state index is 13.0. The Labute approximate surface area is 245 Å². The second-order valence-electron chi connectivity index (χ2n) is 10.3. The fraction of sp³-hybridized carbons (Fsp3) is 0.407. The molecule has 0 saturated heterocycles. The molecule has 2 aromatic carbocycles. The molecule has 1 amide bonds. The van der Waals surface area contributed by atoms with E-state index in [1.165, 1.54) is 12.1 Å². The number of esters is 1. The van der Waals surface area contributed by atoms with Crippen molar-refractivity contribution < 1.29 is 22.7 Å². The molecule has 1 aromatic heterocycles. The summed E-state index contributed by atoms with van der Waals surface area (Å²) >= 11 is 0. The molecule has 0 spiro atoms. The Morgan fingerprint density at radius 3 is 2.59 bits per heavy atom. The fourth-order valence-corrected chi connectivity index (χ4v) is 5.26. The Hall–Kier alpha value is -3.68. The molecule has 0 bridgehead atoms. The topological polar surface area (TPSA) is 156 Å². The van der Waals surface area contributed by atoms with E-state index in [2.05, 4.69) is 30.8 Å². The van der Waals surface area contributed by atoms with Crippen LogP contribution in [0.25, 0.3) is 10.9 Å². The molecule has 1 aliphatic rings. The van der Waals surface area contributed by atoms with Gasteiger partial charge < -0.3 is 20.7 Å². The summed E-state index contributed by atoms with van der Waals surface area (Å²) in [6, 6.07) is 11.5. The number of carbonyl (C=O) groups is 2. The van der Waals surface area contributed by atoms with Gasteiger partial charge in [0.25, 0.3) is 5.91 Å². The quantitative estimate of drug-likeness (QED) is 0.190. The van der Waals surface area contributed by atoms with Crippen LogP contribution in [0.5, 0.6) is 0 Å². The van der Waals surface area contributed by atoms with Crippen molar-refractivity contribution in [2.75, 3.05) is 26.2 Å². The summed E-state index contributed by atoms with van der Waals surface area (Å²) in [5, 5.41) is 14.3. The lowest BCUT2D eigenvalue weighted by Crippen LogP contribution is -2.50. The number of rotatable bonds is 11. The molecule has 0 saturated carbocycles. The third kappa shape index (κ3) is 8.90. The third-order valence-electron chi connectivity index (χ3n) is 5.93. The van der Waals surface area contributed by atoms with Crippen molar-refractivity contribution >= 4 is 51.2 Å². The lowest BCUT2D eigenvalue weighted by Gasteiger charge is -2.24. The first-order valence-electron chi connectivity index (χ1n) is 13.1. The van der Waals surface area contributed by atoms with Crippen LogP contribution in [0.3, 0.4) is 0 Å². The molecule has 12 nitrogen and oxygen atoms in total. The number of halogens is 1. The maximum atomic E-state index is 13.0. The standard InChI is InChI=1S/C27H35N7O5S.ClH/c1-27(2,3)39-25(36)22(33-40(37,38)21-8-5-4-6-9-21)18-31-24(35)19-10-11-23-20(16-19)17-32-34(23)15-7-12-28-26-29-13-14-30-26;/h4-6,8-11,16-17,22,33H,7,12-15,18H2,1-3H3,(H,31,35)(H2,28,29,30);1H/t22-;/m0./s1. The SMILES string of the molecule is CC(C)(C)OC(=O)[C@H](CNC(=O)c1ccc2c(cnn2CCCNC2=NCCN2)c1)NS(=O)(=O)c1ccccc1.Cl. The smallest absolute Gasteiger partial charge is 0.326 e. The molecular weight excluding hydrogens is 570 g/mol. The lowest BCUT2D eigenvalue weighted by molar-refractivity contribution is -0.156. The number of nitrogens with one attached hydrogen (secondary N) is 4. The number of guanidine groups is 1. The minimum atomic E-state index is -4.04. The first-order chi connectivity index (χ1) is 19.0. The van der Waals surface area contributed by atoms with Gasteiger partial charge in [-0.05, 0) is 57.5 Å². The van der Waals surface area contributed by atoms with Crippen LogP contribution in [-0.2, 0) is 26.1 Å². The first kappa shape index (κ1) is 31.8. The number of nitrogens with zero attached hydrogens (tertiary/aromatic N) is 3. The fourth-order valence-electron chi connectivity index (χ4n) is 4.06. The van der Waals surface area contributed by atoms with Crippen molar-refractivity contribution in [3.63, 3.8) is 0 Å². The normalized spacial score (nSPS) is 14.0. The Balaban J connectivity index is 0.00000462. The van der Waals surface area contributed by atoms with Gasteiger partial charge in [0.05, 0.1) is 23.2 Å². The average Bonchev–Trinajstić information content (AvgIpc) is 3.58. The van der Waals surface area contributed by atoms with Crippen LogP contribution in [0.15, 0.2) is 64.6 Å². The van der Waals surface area contributed by atoms with Crippen molar-refractivity contribution in [2.45, 2.75) is 50.3 Å². The van der Waals surface area contributed by atoms with Gasteiger partial charge in [-0.25, -0.2) is 8.42 Å². The van der Waals surface area contributed by atoms with Gasteiger partial charge in [0.2, 0.25) is 10.0 Å². The maximum Gasteiger partial charge on any atom is 0.326 e. The van der Waals surface area contributed by atoms with Crippen LogP contribution < -0.4 is 20.7 Å². The van der Waals surface area contributed by atoms with Gasteiger partial charge in [-0.15, -0.1) is 12.4 Å². The highest BCUT2D eigenvalue weighted by atomic mass is 35.5. The molecule has 1 aliphatic heterocycles. The number of aliphatic imine (C=N–C) groups is 1. The Bertz CT molecular complexity index is 1490. The minimum Gasteiger partial charge on any atom is -0.459 e. The van der Waals surface area contributed by atoms with E-state index < -0.39 is 33.5 Å². The summed E-state index contributed by atoms with van der Waals surface area (Å²) in [5.74, 6) is -0.437. The number of carbonyl (C=O) groups excluding carboxylic acids is 2. The van der Waals surface area contributed by atoms with Crippen molar-refractivity contribution in [2.24, 2.45) is 4.99 Å². The predicted molar refractivity (Wildman–Crippen MR) is 159 cm³/mol. The van der Waals surface area contributed by atoms with Gasteiger partial charge in [-0.2, -0.15) is 9.82 Å². The van der Waals surface area contributed by atoms with Crippen LogP contribution in [0.1, 0.15) is 37.6 Å². The molecule has 14 heteroatoms. The Morgan fingerprint density at radius 1 is 1.15 bits per heavy atom. The number of hydrogen-bond acceptors (Lipinski definition) is 9. The van der Waals surface area contributed by atoms with Crippen LogP contribution >= 0.6 is 12.4 Å². The van der Waals surface area contributed by atoms with E-state index in [-0.39, 0.29) is 23.8 Å². The van der Waals surface area contributed by atoms with E-state index >= 15 is 0 Å². The highest BCUT2D eigenvalue weighted by Crippen LogP contribution is 2.17. The highest BCUT2D eigenvalue weighted by molar-refractivity contribution is 7.89. The van der Waals surface area contributed by atoms with E-state index in [9.17, 15) is 18.0 Å². The zero-order chi connectivity index (χ0) is 28.8. The van der Waals surface area contributed by atoms with Gasteiger partial charge in [0.15, 0.2) is 5.96 Å². The van der Waals surface area contributed by atoms with E-state index in [4.69, 9.17) is 4.74 Å². The van der Waals surface area contributed by atoms with E-state index in [0.717, 1.165) is 42.9 Å². The molecule has 222 valence electrons. The van der Waals surface area contributed by atoms with Gasteiger partial charge in [-0.3, -0.25) is 19.3 Å².